The minimum atomic E-state index is -1.20. The molecule has 6 nitrogen and oxygen atoms in total. The van der Waals surface area contributed by atoms with E-state index in [9.17, 15) is 23.7 Å². The number of benzene rings is 1. The molecule has 8 heteroatoms. The third-order valence-corrected chi connectivity index (χ3v) is 2.60. The van der Waals surface area contributed by atoms with E-state index in [0.29, 0.717) is 24.1 Å². The van der Waals surface area contributed by atoms with Gasteiger partial charge in [0.1, 0.15) is 6.61 Å². The van der Waals surface area contributed by atoms with Crippen LogP contribution in [0.3, 0.4) is 0 Å². The van der Waals surface area contributed by atoms with Crippen molar-refractivity contribution in [2.24, 2.45) is 0 Å². The number of halogens is 2. The molecule has 0 amide bonds. The van der Waals surface area contributed by atoms with E-state index in [2.05, 4.69) is 4.74 Å². The van der Waals surface area contributed by atoms with Gasteiger partial charge in [0.2, 0.25) is 5.82 Å². The quantitative estimate of drug-likeness (QED) is 0.349. The molecule has 0 spiro atoms. The minimum Gasteiger partial charge on any atom is -0.486 e. The highest BCUT2D eigenvalue weighted by Crippen LogP contribution is 2.26. The number of esters is 1. The van der Waals surface area contributed by atoms with Gasteiger partial charge in [0.25, 0.3) is 0 Å². The second-order valence-corrected chi connectivity index (χ2v) is 3.88. The fraction of sp³-hybridized carbons (Fsp3) is 0.308. The Labute approximate surface area is 119 Å². The smallest absolute Gasteiger partial charge is 0.333 e. The van der Waals surface area contributed by atoms with E-state index in [1.807, 2.05) is 0 Å². The van der Waals surface area contributed by atoms with E-state index in [4.69, 9.17) is 4.74 Å². The topological polar surface area (TPSA) is 78.7 Å². The summed E-state index contributed by atoms with van der Waals surface area (Å²) in [4.78, 5) is 20.7. The van der Waals surface area contributed by atoms with Crippen molar-refractivity contribution in [3.05, 3.63) is 45.5 Å². The molecule has 0 fully saturated rings. The molecule has 0 saturated carbocycles. The zero-order chi connectivity index (χ0) is 16.0. The number of nitro groups is 1. The van der Waals surface area contributed by atoms with Crippen molar-refractivity contribution in [2.45, 2.75) is 13.3 Å². The maximum absolute atomic E-state index is 13.5. The summed E-state index contributed by atoms with van der Waals surface area (Å²) in [5, 5.41) is 10.4. The molecule has 21 heavy (non-hydrogen) atoms. The number of carbonyl (C=O) groups is 1. The summed E-state index contributed by atoms with van der Waals surface area (Å²) in [6, 6.07) is 1.03. The summed E-state index contributed by atoms with van der Waals surface area (Å²) < 4.78 is 36.3. The number of nitrogens with zero attached hydrogens (tertiary/aromatic N) is 1. The normalized spacial score (nSPS) is 11.1. The van der Waals surface area contributed by atoms with Crippen molar-refractivity contribution in [1.82, 2.24) is 0 Å². The number of carbonyl (C=O) groups excluding carboxylic acids is 1. The highest BCUT2D eigenvalue weighted by Gasteiger charge is 2.19. The van der Waals surface area contributed by atoms with Crippen molar-refractivity contribution in [2.75, 3.05) is 13.7 Å². The SMILES string of the molecule is CCC(=CCOc1cc(F)c([N+](=O)[O-])cc1F)C(=O)OC. The Morgan fingerprint density at radius 1 is 1.38 bits per heavy atom. The average Bonchev–Trinajstić information content (AvgIpc) is 2.45. The van der Waals surface area contributed by atoms with Crippen LogP contribution in [-0.2, 0) is 9.53 Å². The molecule has 1 aromatic carbocycles. The van der Waals surface area contributed by atoms with Crippen molar-refractivity contribution in [3.8, 4) is 5.75 Å². The third-order valence-electron chi connectivity index (χ3n) is 2.60. The predicted molar refractivity (Wildman–Crippen MR) is 68.9 cm³/mol. The molecule has 0 bridgehead atoms. The molecule has 0 N–H and O–H groups in total. The Hall–Kier alpha value is -2.51. The standard InChI is InChI=1S/C13H13F2NO5/c1-3-8(13(17)20-2)4-5-21-12-7-9(14)11(16(18)19)6-10(12)15/h4,6-7H,3,5H2,1-2H3. The van der Waals surface area contributed by atoms with Gasteiger partial charge in [0.15, 0.2) is 11.6 Å². The zero-order valence-electron chi connectivity index (χ0n) is 11.4. The van der Waals surface area contributed by atoms with Crippen LogP contribution in [0.15, 0.2) is 23.8 Å². The van der Waals surface area contributed by atoms with Crippen LogP contribution in [0.1, 0.15) is 13.3 Å². The molecule has 0 aromatic heterocycles. The van der Waals surface area contributed by atoms with E-state index in [1.54, 1.807) is 6.92 Å². The molecule has 0 saturated heterocycles. The molecule has 0 aliphatic heterocycles. The second-order valence-electron chi connectivity index (χ2n) is 3.88. The van der Waals surface area contributed by atoms with Crippen molar-refractivity contribution in [3.63, 3.8) is 0 Å². The largest absolute Gasteiger partial charge is 0.486 e. The summed E-state index contributed by atoms with van der Waals surface area (Å²) in [5.74, 6) is -3.29. The Morgan fingerprint density at radius 2 is 2.05 bits per heavy atom. The molecule has 0 atom stereocenters. The van der Waals surface area contributed by atoms with E-state index in [-0.39, 0.29) is 6.61 Å². The van der Waals surface area contributed by atoms with E-state index >= 15 is 0 Å². The summed E-state index contributed by atoms with van der Waals surface area (Å²) in [6.45, 7) is 1.52. The maximum Gasteiger partial charge on any atom is 0.333 e. The summed E-state index contributed by atoms with van der Waals surface area (Å²) >= 11 is 0. The van der Waals surface area contributed by atoms with Crippen LogP contribution in [0.25, 0.3) is 0 Å². The zero-order valence-corrected chi connectivity index (χ0v) is 11.4. The molecule has 0 aliphatic rings. The first-order chi connectivity index (χ1) is 9.90. The van der Waals surface area contributed by atoms with Crippen LogP contribution in [-0.4, -0.2) is 24.6 Å². The van der Waals surface area contributed by atoms with Crippen LogP contribution < -0.4 is 4.74 Å². The molecular formula is C13H13F2NO5. The van der Waals surface area contributed by atoms with E-state index in [0.717, 1.165) is 0 Å². The number of hydrogen-bond donors (Lipinski definition) is 0. The van der Waals surface area contributed by atoms with Gasteiger partial charge in [-0.25, -0.2) is 9.18 Å². The Bertz CT molecular complexity index is 586. The monoisotopic (exact) mass is 301 g/mol. The lowest BCUT2D eigenvalue weighted by Gasteiger charge is -2.06. The highest BCUT2D eigenvalue weighted by atomic mass is 19.1. The average molecular weight is 301 g/mol. The lowest BCUT2D eigenvalue weighted by atomic mass is 10.2. The number of nitro benzene ring substituents is 1. The summed E-state index contributed by atoms with van der Waals surface area (Å²) in [7, 11) is 1.22. The van der Waals surface area contributed by atoms with Gasteiger partial charge < -0.3 is 9.47 Å². The van der Waals surface area contributed by atoms with Crippen molar-refractivity contribution >= 4 is 11.7 Å². The fourth-order valence-electron chi connectivity index (χ4n) is 1.50. The van der Waals surface area contributed by atoms with Crippen LogP contribution in [0.2, 0.25) is 0 Å². The molecule has 0 radical (unpaired) electrons. The van der Waals surface area contributed by atoms with Crippen LogP contribution >= 0.6 is 0 Å². The van der Waals surface area contributed by atoms with Crippen molar-refractivity contribution < 1.29 is 28.0 Å². The van der Waals surface area contributed by atoms with Gasteiger partial charge >= 0.3 is 11.7 Å². The number of rotatable bonds is 6. The Balaban J connectivity index is 2.85. The van der Waals surface area contributed by atoms with Gasteiger partial charge in [-0.05, 0) is 12.5 Å². The van der Waals surface area contributed by atoms with Gasteiger partial charge in [0, 0.05) is 11.6 Å². The maximum atomic E-state index is 13.5. The van der Waals surface area contributed by atoms with Crippen LogP contribution in [0.4, 0.5) is 14.5 Å². The molecule has 114 valence electrons. The fourth-order valence-corrected chi connectivity index (χ4v) is 1.50. The van der Waals surface area contributed by atoms with Gasteiger partial charge in [-0.15, -0.1) is 0 Å². The first-order valence-corrected chi connectivity index (χ1v) is 5.94. The van der Waals surface area contributed by atoms with Gasteiger partial charge in [-0.3, -0.25) is 10.1 Å². The second kappa shape index (κ2) is 7.32. The highest BCUT2D eigenvalue weighted by molar-refractivity contribution is 5.88. The van der Waals surface area contributed by atoms with E-state index in [1.165, 1.54) is 13.2 Å². The van der Waals surface area contributed by atoms with Gasteiger partial charge in [-0.2, -0.15) is 4.39 Å². The minimum absolute atomic E-state index is 0.202. The molecule has 0 heterocycles. The third kappa shape index (κ3) is 4.23. The summed E-state index contributed by atoms with van der Waals surface area (Å²) in [5.41, 5.74) is -0.653. The lowest BCUT2D eigenvalue weighted by molar-refractivity contribution is -0.387. The molecule has 0 unspecified atom stereocenters. The van der Waals surface area contributed by atoms with Crippen molar-refractivity contribution in [1.29, 1.82) is 0 Å². The van der Waals surface area contributed by atoms with E-state index < -0.39 is 34.0 Å². The first-order valence-electron chi connectivity index (χ1n) is 5.94. The predicted octanol–water partition coefficient (Wildman–Crippen LogP) is 2.76. The summed E-state index contributed by atoms with van der Waals surface area (Å²) in [6.07, 6.45) is 1.75. The molecular weight excluding hydrogens is 288 g/mol. The number of hydrogen-bond acceptors (Lipinski definition) is 5. The first kappa shape index (κ1) is 16.5. The molecule has 0 aliphatic carbocycles. The molecule has 1 aromatic rings. The molecule has 1 rings (SSSR count). The van der Waals surface area contributed by atoms with Crippen LogP contribution in [0, 0.1) is 21.7 Å². The lowest BCUT2D eigenvalue weighted by Crippen LogP contribution is -2.07. The Morgan fingerprint density at radius 3 is 2.57 bits per heavy atom. The van der Waals surface area contributed by atoms with Gasteiger partial charge in [0.05, 0.1) is 18.1 Å². The number of ether oxygens (including phenoxy) is 2. The van der Waals surface area contributed by atoms with Crippen LogP contribution in [0.5, 0.6) is 5.75 Å². The van der Waals surface area contributed by atoms with Gasteiger partial charge in [-0.1, -0.05) is 6.92 Å². The Kier molecular flexibility index (Phi) is 5.77. The number of methoxy groups -OCH3 is 1.